The molecule has 0 aliphatic heterocycles. The summed E-state index contributed by atoms with van der Waals surface area (Å²) >= 11 is 1.06. The van der Waals surface area contributed by atoms with Crippen LogP contribution in [-0.4, -0.2) is 33.6 Å². The molecule has 0 saturated carbocycles. The molecule has 0 aromatic heterocycles. The van der Waals surface area contributed by atoms with Gasteiger partial charge in [0.15, 0.2) is 0 Å². The van der Waals surface area contributed by atoms with E-state index in [-0.39, 0.29) is 18.3 Å². The van der Waals surface area contributed by atoms with Gasteiger partial charge in [-0.25, -0.2) is 0 Å². The van der Waals surface area contributed by atoms with E-state index in [1.165, 1.54) is 0 Å². The fraction of sp³-hybridized carbons (Fsp3) is 1.00. The third-order valence-electron chi connectivity index (χ3n) is 1.77. The van der Waals surface area contributed by atoms with Crippen LogP contribution in [0.25, 0.3) is 0 Å². The average molecular weight is 289 g/mol. The summed E-state index contributed by atoms with van der Waals surface area (Å²) in [6.07, 6.45) is 2.24. The monoisotopic (exact) mass is 289 g/mol. The normalized spacial score (nSPS) is 13.4. The van der Waals surface area contributed by atoms with Gasteiger partial charge >= 0.3 is 21.0 Å². The molecule has 3 N–H and O–H groups in total. The second-order valence-corrected chi connectivity index (χ2v) is 3.77. The molecule has 0 radical (unpaired) electrons. The molecular formula is C12H30O4V. The van der Waals surface area contributed by atoms with Gasteiger partial charge in [-0.05, 0) is 40.0 Å². The first kappa shape index (κ1) is 26.0. The predicted octanol–water partition coefficient (Wildman–Crippen LogP) is 2.21. The number of rotatable bonds is 3. The maximum absolute atomic E-state index is 8.36. The van der Waals surface area contributed by atoms with Crippen LogP contribution in [0.15, 0.2) is 0 Å². The molecule has 0 heterocycles. The second-order valence-electron chi connectivity index (χ2n) is 3.77. The fourth-order valence-electron chi connectivity index (χ4n) is 0. The van der Waals surface area contributed by atoms with Crippen LogP contribution in [-0.2, 0) is 21.0 Å². The Hall–Kier alpha value is 0.264. The summed E-state index contributed by atoms with van der Waals surface area (Å²) in [4.78, 5) is 0. The summed E-state index contributed by atoms with van der Waals surface area (Å²) in [6, 6.07) is 0. The van der Waals surface area contributed by atoms with Crippen molar-refractivity contribution in [2.75, 3.05) is 0 Å². The minimum atomic E-state index is -0.116. The molecule has 0 bridgehead atoms. The van der Waals surface area contributed by atoms with E-state index in [4.69, 9.17) is 19.0 Å². The average Bonchev–Trinajstić information content (AvgIpc) is 2.32. The molecule has 0 aliphatic rings. The Morgan fingerprint density at radius 2 is 0.765 bits per heavy atom. The van der Waals surface area contributed by atoms with E-state index in [9.17, 15) is 0 Å². The van der Waals surface area contributed by atoms with Crippen LogP contribution in [0, 0.1) is 0 Å². The molecule has 0 spiro atoms. The molecule has 107 valence electrons. The summed E-state index contributed by atoms with van der Waals surface area (Å²) in [5.74, 6) is 0. The topological polar surface area (TPSA) is 77.8 Å². The Morgan fingerprint density at radius 3 is 0.765 bits per heavy atom. The molecule has 0 aromatic rings. The zero-order valence-electron chi connectivity index (χ0n) is 12.1. The molecule has 0 fully saturated rings. The van der Waals surface area contributed by atoms with Crippen molar-refractivity contribution in [1.29, 1.82) is 0 Å². The van der Waals surface area contributed by atoms with Gasteiger partial charge in [-0.1, -0.05) is 20.8 Å². The van der Waals surface area contributed by atoms with Gasteiger partial charge in [0.05, 0.1) is 18.3 Å². The van der Waals surface area contributed by atoms with Crippen molar-refractivity contribution in [1.82, 2.24) is 0 Å². The number of hydrogen-bond donors (Lipinski definition) is 3. The van der Waals surface area contributed by atoms with Crippen LogP contribution < -0.4 is 0 Å². The zero-order valence-corrected chi connectivity index (χ0v) is 13.4. The van der Waals surface area contributed by atoms with Gasteiger partial charge in [-0.2, -0.15) is 0 Å². The van der Waals surface area contributed by atoms with Crippen LogP contribution in [0.1, 0.15) is 60.8 Å². The van der Waals surface area contributed by atoms with Gasteiger partial charge in [0.1, 0.15) is 0 Å². The molecule has 3 unspecified atom stereocenters. The molecular weight excluding hydrogens is 259 g/mol. The molecule has 0 aromatic carbocycles. The first-order valence-electron chi connectivity index (χ1n) is 6.04. The number of hydrogen-bond acceptors (Lipinski definition) is 4. The molecule has 3 atom stereocenters. The van der Waals surface area contributed by atoms with E-state index >= 15 is 0 Å². The minimum absolute atomic E-state index is 0.116. The van der Waals surface area contributed by atoms with E-state index in [1.54, 1.807) is 20.8 Å². The van der Waals surface area contributed by atoms with Gasteiger partial charge < -0.3 is 15.3 Å². The van der Waals surface area contributed by atoms with Gasteiger partial charge in [0, 0.05) is 0 Å². The zero-order chi connectivity index (χ0) is 14.9. The van der Waals surface area contributed by atoms with Crippen molar-refractivity contribution in [2.45, 2.75) is 79.1 Å². The number of aliphatic hydroxyl groups is 3. The quantitative estimate of drug-likeness (QED) is 0.744. The van der Waals surface area contributed by atoms with Gasteiger partial charge in [-0.15, -0.1) is 0 Å². The summed E-state index contributed by atoms with van der Waals surface area (Å²) in [6.45, 7) is 11.2. The molecule has 0 aliphatic carbocycles. The second kappa shape index (κ2) is 25.2. The molecule has 5 heteroatoms. The Labute approximate surface area is 116 Å². The standard InChI is InChI=1S/3C4H10O.O.V/c3*1-3-4(2)5;;/h3*4-5H,3H2,1-2H3;;. The molecule has 0 rings (SSSR count). The van der Waals surface area contributed by atoms with Crippen LogP contribution in [0.5, 0.6) is 0 Å². The van der Waals surface area contributed by atoms with E-state index < -0.39 is 0 Å². The predicted molar refractivity (Wildman–Crippen MR) is 66.6 cm³/mol. The van der Waals surface area contributed by atoms with Crippen LogP contribution in [0.2, 0.25) is 0 Å². The third-order valence-corrected chi connectivity index (χ3v) is 1.77. The van der Waals surface area contributed by atoms with Gasteiger partial charge in [0.2, 0.25) is 0 Å². The number of aliphatic hydroxyl groups excluding tert-OH is 3. The van der Waals surface area contributed by atoms with E-state index in [2.05, 4.69) is 0 Å². The Morgan fingerprint density at radius 1 is 0.706 bits per heavy atom. The van der Waals surface area contributed by atoms with Crippen molar-refractivity contribution in [2.24, 2.45) is 0 Å². The van der Waals surface area contributed by atoms with Crippen LogP contribution in [0.3, 0.4) is 0 Å². The maximum atomic E-state index is 8.36. The Bertz CT molecular complexity index is 89.7. The van der Waals surface area contributed by atoms with E-state index in [0.29, 0.717) is 0 Å². The Balaban J connectivity index is -0.0000000693. The Kier molecular flexibility index (Phi) is 38.5. The summed E-state index contributed by atoms with van der Waals surface area (Å²) < 4.78 is 8.19. The first-order chi connectivity index (χ1) is 7.81. The fourth-order valence-corrected chi connectivity index (χ4v) is 0. The molecule has 0 saturated heterocycles. The SMILES string of the molecule is CCC(C)O.CCC(C)O.CCC(C)O.[O]=[V]. The summed E-state index contributed by atoms with van der Waals surface area (Å²) in [5.41, 5.74) is 0. The third kappa shape index (κ3) is 84.3. The van der Waals surface area contributed by atoms with Crippen molar-refractivity contribution in [3.8, 4) is 0 Å². The van der Waals surface area contributed by atoms with Crippen molar-refractivity contribution in [3.05, 3.63) is 0 Å². The van der Waals surface area contributed by atoms with Crippen LogP contribution in [0.4, 0.5) is 0 Å². The van der Waals surface area contributed by atoms with Crippen molar-refractivity contribution >= 4 is 0 Å². The molecule has 17 heavy (non-hydrogen) atoms. The van der Waals surface area contributed by atoms with Gasteiger partial charge in [-0.3, -0.25) is 0 Å². The molecule has 0 amide bonds. The van der Waals surface area contributed by atoms with Crippen molar-refractivity contribution < 1.29 is 36.4 Å². The van der Waals surface area contributed by atoms with Crippen molar-refractivity contribution in [3.63, 3.8) is 0 Å². The molecule has 4 nitrogen and oxygen atoms in total. The summed E-state index contributed by atoms with van der Waals surface area (Å²) in [5, 5.41) is 25.1. The van der Waals surface area contributed by atoms with Gasteiger partial charge in [0.25, 0.3) is 0 Å². The van der Waals surface area contributed by atoms with E-state index in [1.807, 2.05) is 20.8 Å². The van der Waals surface area contributed by atoms with E-state index in [0.717, 1.165) is 36.6 Å². The first-order valence-corrected chi connectivity index (χ1v) is 6.61. The van der Waals surface area contributed by atoms with Crippen LogP contribution >= 0.6 is 0 Å². The summed E-state index contributed by atoms with van der Waals surface area (Å²) in [7, 11) is 0.